The summed E-state index contributed by atoms with van der Waals surface area (Å²) in [7, 11) is -3.55. The quantitative estimate of drug-likeness (QED) is 0.834. The van der Waals surface area contributed by atoms with Gasteiger partial charge < -0.3 is 9.15 Å². The normalized spacial score (nSPS) is 18.4. The SMILES string of the molecule is Cc1cc(OC2CCN(S(=O)(=O)c3ccc(C)c(C)c3)C2)cc(=O)o1. The van der Waals surface area contributed by atoms with Crippen molar-refractivity contribution < 1.29 is 17.6 Å². The molecule has 0 spiro atoms. The Kier molecular flexibility index (Phi) is 4.71. The van der Waals surface area contributed by atoms with Crippen LogP contribution in [0.4, 0.5) is 0 Å². The highest BCUT2D eigenvalue weighted by Gasteiger charge is 2.33. The third-order valence-corrected chi connectivity index (χ3v) is 6.25. The smallest absolute Gasteiger partial charge is 0.339 e. The van der Waals surface area contributed by atoms with E-state index in [9.17, 15) is 13.2 Å². The molecule has 25 heavy (non-hydrogen) atoms. The van der Waals surface area contributed by atoms with Gasteiger partial charge in [-0.15, -0.1) is 0 Å². The molecule has 2 aromatic rings. The largest absolute Gasteiger partial charge is 0.489 e. The Morgan fingerprint density at radius 1 is 1.12 bits per heavy atom. The van der Waals surface area contributed by atoms with Gasteiger partial charge in [0.2, 0.25) is 10.0 Å². The molecule has 1 aliphatic heterocycles. The highest BCUT2D eigenvalue weighted by molar-refractivity contribution is 7.89. The maximum Gasteiger partial charge on any atom is 0.339 e. The molecule has 0 saturated carbocycles. The minimum atomic E-state index is -3.55. The molecular weight excluding hydrogens is 342 g/mol. The lowest BCUT2D eigenvalue weighted by molar-refractivity contribution is 0.213. The monoisotopic (exact) mass is 363 g/mol. The number of aryl methyl sites for hydroxylation is 3. The number of benzene rings is 1. The van der Waals surface area contributed by atoms with Gasteiger partial charge in [0.1, 0.15) is 17.6 Å². The average molecular weight is 363 g/mol. The van der Waals surface area contributed by atoms with E-state index >= 15 is 0 Å². The molecule has 1 saturated heterocycles. The van der Waals surface area contributed by atoms with Crippen LogP contribution in [0.1, 0.15) is 23.3 Å². The van der Waals surface area contributed by atoms with E-state index in [4.69, 9.17) is 9.15 Å². The second kappa shape index (κ2) is 6.65. The molecule has 1 aliphatic rings. The summed E-state index contributed by atoms with van der Waals surface area (Å²) in [4.78, 5) is 11.7. The molecule has 1 fully saturated rings. The average Bonchev–Trinajstić information content (AvgIpc) is 2.98. The number of rotatable bonds is 4. The second-order valence-corrected chi connectivity index (χ2v) is 8.30. The van der Waals surface area contributed by atoms with Gasteiger partial charge >= 0.3 is 5.63 Å². The van der Waals surface area contributed by atoms with Crippen LogP contribution in [0.2, 0.25) is 0 Å². The van der Waals surface area contributed by atoms with Gasteiger partial charge in [0.05, 0.1) is 17.5 Å². The lowest BCUT2D eigenvalue weighted by atomic mass is 10.1. The van der Waals surface area contributed by atoms with E-state index in [-0.39, 0.29) is 12.6 Å². The first-order chi connectivity index (χ1) is 11.8. The van der Waals surface area contributed by atoms with Crippen LogP contribution in [0.5, 0.6) is 5.75 Å². The first-order valence-electron chi connectivity index (χ1n) is 8.11. The van der Waals surface area contributed by atoms with Crippen molar-refractivity contribution in [3.63, 3.8) is 0 Å². The summed E-state index contributed by atoms with van der Waals surface area (Å²) in [6, 6.07) is 8.05. The summed E-state index contributed by atoms with van der Waals surface area (Å²) in [6.45, 7) is 6.16. The zero-order chi connectivity index (χ0) is 18.2. The molecule has 6 nitrogen and oxygen atoms in total. The van der Waals surface area contributed by atoms with Crippen molar-refractivity contribution in [2.75, 3.05) is 13.1 Å². The molecule has 7 heteroatoms. The van der Waals surface area contributed by atoms with Crippen LogP contribution in [0.15, 0.2) is 44.4 Å². The van der Waals surface area contributed by atoms with E-state index in [0.29, 0.717) is 29.4 Å². The van der Waals surface area contributed by atoms with Crippen LogP contribution in [0, 0.1) is 20.8 Å². The first-order valence-corrected chi connectivity index (χ1v) is 9.55. The van der Waals surface area contributed by atoms with E-state index in [1.165, 1.54) is 10.4 Å². The minimum absolute atomic E-state index is 0.258. The molecule has 1 atom stereocenters. The van der Waals surface area contributed by atoms with Crippen LogP contribution in [-0.4, -0.2) is 31.9 Å². The van der Waals surface area contributed by atoms with Crippen molar-refractivity contribution in [2.24, 2.45) is 0 Å². The van der Waals surface area contributed by atoms with Crippen molar-refractivity contribution in [1.82, 2.24) is 4.31 Å². The summed E-state index contributed by atoms with van der Waals surface area (Å²) in [6.07, 6.45) is 0.283. The summed E-state index contributed by atoms with van der Waals surface area (Å²) in [5.41, 5.74) is 1.52. The van der Waals surface area contributed by atoms with Crippen LogP contribution >= 0.6 is 0 Å². The van der Waals surface area contributed by atoms with Gasteiger partial charge in [-0.05, 0) is 50.5 Å². The van der Waals surface area contributed by atoms with Gasteiger partial charge in [-0.1, -0.05) is 6.07 Å². The maximum absolute atomic E-state index is 12.8. The molecule has 3 rings (SSSR count). The maximum atomic E-state index is 12.8. The minimum Gasteiger partial charge on any atom is -0.489 e. The van der Waals surface area contributed by atoms with E-state index in [0.717, 1.165) is 11.1 Å². The number of ether oxygens (including phenoxy) is 1. The summed E-state index contributed by atoms with van der Waals surface area (Å²) in [5.74, 6) is 0.865. The summed E-state index contributed by atoms with van der Waals surface area (Å²) >= 11 is 0. The van der Waals surface area contributed by atoms with Crippen molar-refractivity contribution in [3.05, 3.63) is 57.6 Å². The highest BCUT2D eigenvalue weighted by atomic mass is 32.2. The van der Waals surface area contributed by atoms with Gasteiger partial charge in [-0.2, -0.15) is 4.31 Å². The Morgan fingerprint density at radius 3 is 2.56 bits per heavy atom. The first kappa shape index (κ1) is 17.7. The third-order valence-electron chi connectivity index (χ3n) is 4.39. The molecule has 0 N–H and O–H groups in total. The Morgan fingerprint density at radius 2 is 1.88 bits per heavy atom. The number of hydrogen-bond donors (Lipinski definition) is 0. The van der Waals surface area contributed by atoms with Gasteiger partial charge in [-0.25, -0.2) is 13.2 Å². The Balaban J connectivity index is 1.75. The number of sulfonamides is 1. The molecule has 2 heterocycles. The molecule has 0 bridgehead atoms. The van der Waals surface area contributed by atoms with E-state index < -0.39 is 15.6 Å². The van der Waals surface area contributed by atoms with E-state index in [2.05, 4.69) is 0 Å². The van der Waals surface area contributed by atoms with Gasteiger partial charge in [-0.3, -0.25) is 0 Å². The van der Waals surface area contributed by atoms with Crippen LogP contribution in [-0.2, 0) is 10.0 Å². The Bertz CT molecular complexity index is 948. The molecule has 1 aromatic carbocycles. The molecular formula is C18H21NO5S. The van der Waals surface area contributed by atoms with Crippen molar-refractivity contribution in [1.29, 1.82) is 0 Å². The fraction of sp³-hybridized carbons (Fsp3) is 0.389. The van der Waals surface area contributed by atoms with Crippen LogP contribution in [0.25, 0.3) is 0 Å². The number of hydrogen-bond acceptors (Lipinski definition) is 5. The topological polar surface area (TPSA) is 76.8 Å². The van der Waals surface area contributed by atoms with Gasteiger partial charge in [0, 0.05) is 12.6 Å². The van der Waals surface area contributed by atoms with Crippen LogP contribution < -0.4 is 10.4 Å². The standard InChI is InChI=1S/C18H21NO5S/c1-12-4-5-17(8-13(12)2)25(21,22)19-7-6-15(11-19)24-16-9-14(3)23-18(20)10-16/h4-5,8-10,15H,6-7,11H2,1-3H3. The highest BCUT2D eigenvalue weighted by Crippen LogP contribution is 2.25. The molecule has 0 radical (unpaired) electrons. The third kappa shape index (κ3) is 3.77. The summed E-state index contributed by atoms with van der Waals surface area (Å²) < 4.78 is 37.7. The van der Waals surface area contributed by atoms with Crippen molar-refractivity contribution in [2.45, 2.75) is 38.2 Å². The Labute approximate surface area is 147 Å². The van der Waals surface area contributed by atoms with E-state index in [1.807, 2.05) is 19.9 Å². The Hall–Kier alpha value is -2.12. The molecule has 0 aliphatic carbocycles. The lowest BCUT2D eigenvalue weighted by Gasteiger charge is -2.18. The number of nitrogens with zero attached hydrogens (tertiary/aromatic N) is 1. The predicted molar refractivity (Wildman–Crippen MR) is 93.4 cm³/mol. The molecule has 1 aromatic heterocycles. The van der Waals surface area contributed by atoms with Crippen LogP contribution in [0.3, 0.4) is 0 Å². The zero-order valence-corrected chi connectivity index (χ0v) is 15.3. The van der Waals surface area contributed by atoms with Crippen molar-refractivity contribution in [3.8, 4) is 5.75 Å². The summed E-state index contributed by atoms with van der Waals surface area (Å²) in [5, 5.41) is 0. The lowest BCUT2D eigenvalue weighted by Crippen LogP contribution is -2.31. The van der Waals surface area contributed by atoms with Crippen molar-refractivity contribution >= 4 is 10.0 Å². The van der Waals surface area contributed by atoms with Gasteiger partial charge in [0.15, 0.2) is 0 Å². The van der Waals surface area contributed by atoms with E-state index in [1.54, 1.807) is 25.1 Å². The van der Waals surface area contributed by atoms with Gasteiger partial charge in [0.25, 0.3) is 0 Å². The fourth-order valence-electron chi connectivity index (χ4n) is 2.87. The zero-order valence-electron chi connectivity index (χ0n) is 14.5. The molecule has 134 valence electrons. The molecule has 0 amide bonds. The molecule has 1 unspecified atom stereocenters. The predicted octanol–water partition coefficient (Wildman–Crippen LogP) is 2.41. The second-order valence-electron chi connectivity index (χ2n) is 6.36. The fourth-order valence-corrected chi connectivity index (χ4v) is 4.44.